The first-order valence-corrected chi connectivity index (χ1v) is 8.40. The Morgan fingerprint density at radius 1 is 1.26 bits per heavy atom. The molecule has 0 unspecified atom stereocenters. The second-order valence-electron chi connectivity index (χ2n) is 6.18. The number of ether oxygens (including phenoxy) is 1. The van der Waals surface area contributed by atoms with Gasteiger partial charge in [0.25, 0.3) is 0 Å². The fraction of sp³-hybridized carbons (Fsp3) is 0.444. The number of halogens is 1. The Labute approximate surface area is 140 Å². The summed E-state index contributed by atoms with van der Waals surface area (Å²) in [7, 11) is 0. The van der Waals surface area contributed by atoms with Crippen molar-refractivity contribution in [2.24, 2.45) is 0 Å². The molecule has 0 spiro atoms. The third kappa shape index (κ3) is 3.42. The third-order valence-electron chi connectivity index (χ3n) is 4.55. The fourth-order valence-corrected chi connectivity index (χ4v) is 3.68. The van der Waals surface area contributed by atoms with Crippen molar-refractivity contribution in [3.05, 3.63) is 46.1 Å². The van der Waals surface area contributed by atoms with Gasteiger partial charge in [-0.3, -0.25) is 4.79 Å². The number of amides is 1. The van der Waals surface area contributed by atoms with Gasteiger partial charge in [0.1, 0.15) is 6.10 Å². The number of esters is 1. The lowest BCUT2D eigenvalue weighted by Gasteiger charge is -2.28. The maximum absolute atomic E-state index is 12.7. The Hall–Kier alpha value is -1.81. The standard InChI is InChI=1S/C18H20ClNO3/c1-11-17(18(22)23-12-6-2-3-7-12)14(10-16(21)20-11)13-8-4-5-9-15(13)19/h4-5,8-9,12,14H,2-3,6-7,10H2,1H3,(H,20,21)/t14-/m0/s1. The molecule has 0 bridgehead atoms. The van der Waals surface area contributed by atoms with Gasteiger partial charge in [0.05, 0.1) is 5.57 Å². The van der Waals surface area contributed by atoms with E-state index in [0.29, 0.717) is 16.3 Å². The summed E-state index contributed by atoms with van der Waals surface area (Å²) in [5, 5.41) is 3.31. The molecule has 1 atom stereocenters. The molecule has 1 aromatic rings. The fourth-order valence-electron chi connectivity index (χ4n) is 3.42. The van der Waals surface area contributed by atoms with Crippen molar-refractivity contribution in [2.45, 2.75) is 51.0 Å². The smallest absolute Gasteiger partial charge is 0.336 e. The zero-order valence-corrected chi connectivity index (χ0v) is 13.9. The van der Waals surface area contributed by atoms with Crippen LogP contribution in [0.3, 0.4) is 0 Å². The van der Waals surface area contributed by atoms with Crippen molar-refractivity contribution in [3.63, 3.8) is 0 Å². The summed E-state index contributed by atoms with van der Waals surface area (Å²) in [5.41, 5.74) is 1.88. The normalized spacial score (nSPS) is 22.2. The zero-order valence-electron chi connectivity index (χ0n) is 13.1. The zero-order chi connectivity index (χ0) is 16.4. The predicted molar refractivity (Wildman–Crippen MR) is 88.0 cm³/mol. The molecule has 3 rings (SSSR count). The molecule has 0 saturated heterocycles. The minimum atomic E-state index is -0.355. The van der Waals surface area contributed by atoms with E-state index in [-0.39, 0.29) is 30.3 Å². The van der Waals surface area contributed by atoms with Crippen LogP contribution in [0.15, 0.2) is 35.5 Å². The van der Waals surface area contributed by atoms with Crippen LogP contribution in [0.2, 0.25) is 5.02 Å². The van der Waals surface area contributed by atoms with Crippen LogP contribution in [-0.2, 0) is 14.3 Å². The highest BCUT2D eigenvalue weighted by molar-refractivity contribution is 6.31. The number of carbonyl (C=O) groups is 2. The van der Waals surface area contributed by atoms with Crippen molar-refractivity contribution in [1.82, 2.24) is 5.32 Å². The van der Waals surface area contributed by atoms with E-state index in [1.165, 1.54) is 0 Å². The molecule has 23 heavy (non-hydrogen) atoms. The average molecular weight is 334 g/mol. The summed E-state index contributed by atoms with van der Waals surface area (Å²) >= 11 is 6.29. The summed E-state index contributed by atoms with van der Waals surface area (Å²) in [5.74, 6) is -0.796. The quantitative estimate of drug-likeness (QED) is 0.858. The lowest BCUT2D eigenvalue weighted by Crippen LogP contribution is -2.35. The van der Waals surface area contributed by atoms with Gasteiger partial charge in [-0.2, -0.15) is 0 Å². The highest BCUT2D eigenvalue weighted by Gasteiger charge is 2.35. The number of allylic oxidation sites excluding steroid dienone is 1. The second-order valence-corrected chi connectivity index (χ2v) is 6.58. The maximum atomic E-state index is 12.7. The van der Waals surface area contributed by atoms with Crippen molar-refractivity contribution in [2.75, 3.05) is 0 Å². The van der Waals surface area contributed by atoms with Gasteiger partial charge in [0, 0.05) is 23.1 Å². The van der Waals surface area contributed by atoms with Crippen LogP contribution in [-0.4, -0.2) is 18.0 Å². The van der Waals surface area contributed by atoms with Gasteiger partial charge in [-0.1, -0.05) is 29.8 Å². The third-order valence-corrected chi connectivity index (χ3v) is 4.89. The van der Waals surface area contributed by atoms with E-state index in [4.69, 9.17) is 16.3 Å². The predicted octanol–water partition coefficient (Wildman–Crippen LogP) is 3.70. The number of nitrogens with one attached hydrogen (secondary N) is 1. The molecule has 1 aliphatic heterocycles. The Morgan fingerprint density at radius 3 is 2.65 bits per heavy atom. The molecule has 5 heteroatoms. The van der Waals surface area contributed by atoms with Crippen LogP contribution in [0.25, 0.3) is 0 Å². The highest BCUT2D eigenvalue weighted by Crippen LogP contribution is 2.37. The largest absolute Gasteiger partial charge is 0.459 e. The highest BCUT2D eigenvalue weighted by atomic mass is 35.5. The lowest BCUT2D eigenvalue weighted by atomic mass is 9.84. The van der Waals surface area contributed by atoms with Crippen LogP contribution < -0.4 is 5.32 Å². The SMILES string of the molecule is CC1=C(C(=O)OC2CCCC2)[C@H](c2ccccc2Cl)CC(=O)N1. The first kappa shape index (κ1) is 16.1. The topological polar surface area (TPSA) is 55.4 Å². The van der Waals surface area contributed by atoms with Gasteiger partial charge in [-0.15, -0.1) is 0 Å². The first-order valence-electron chi connectivity index (χ1n) is 8.02. The number of hydrogen-bond acceptors (Lipinski definition) is 3. The molecular weight excluding hydrogens is 314 g/mol. The van der Waals surface area contributed by atoms with E-state index in [1.54, 1.807) is 13.0 Å². The minimum absolute atomic E-state index is 0.00711. The van der Waals surface area contributed by atoms with Crippen LogP contribution in [0, 0.1) is 0 Å². The molecule has 1 amide bonds. The average Bonchev–Trinajstić information content (AvgIpc) is 2.99. The summed E-state index contributed by atoms with van der Waals surface area (Å²) in [6.07, 6.45) is 4.23. The van der Waals surface area contributed by atoms with Crippen LogP contribution in [0.4, 0.5) is 0 Å². The molecule has 122 valence electrons. The molecular formula is C18H20ClNO3. The van der Waals surface area contributed by atoms with Crippen LogP contribution in [0.5, 0.6) is 0 Å². The Kier molecular flexibility index (Phi) is 4.71. The van der Waals surface area contributed by atoms with Gasteiger partial charge in [0.2, 0.25) is 5.91 Å². The summed E-state index contributed by atoms with van der Waals surface area (Å²) < 4.78 is 5.66. The molecule has 1 N–H and O–H groups in total. The Balaban J connectivity index is 1.92. The minimum Gasteiger partial charge on any atom is -0.459 e. The van der Waals surface area contributed by atoms with E-state index in [0.717, 1.165) is 31.2 Å². The Bertz CT molecular complexity index is 662. The van der Waals surface area contributed by atoms with E-state index < -0.39 is 0 Å². The molecule has 1 aliphatic carbocycles. The van der Waals surface area contributed by atoms with Gasteiger partial charge in [-0.05, 0) is 44.2 Å². The maximum Gasteiger partial charge on any atom is 0.336 e. The molecule has 1 heterocycles. The van der Waals surface area contributed by atoms with Crippen molar-refractivity contribution in [1.29, 1.82) is 0 Å². The Morgan fingerprint density at radius 2 is 1.96 bits per heavy atom. The summed E-state index contributed by atoms with van der Waals surface area (Å²) in [4.78, 5) is 24.6. The van der Waals surface area contributed by atoms with E-state index in [2.05, 4.69) is 5.32 Å². The first-order chi connectivity index (χ1) is 11.1. The number of hydrogen-bond donors (Lipinski definition) is 1. The van der Waals surface area contributed by atoms with E-state index in [9.17, 15) is 9.59 Å². The molecule has 1 saturated carbocycles. The van der Waals surface area contributed by atoms with Crippen LogP contribution >= 0.6 is 11.6 Å². The van der Waals surface area contributed by atoms with E-state index >= 15 is 0 Å². The summed E-state index contributed by atoms with van der Waals surface area (Å²) in [6, 6.07) is 7.34. The van der Waals surface area contributed by atoms with Gasteiger partial charge >= 0.3 is 5.97 Å². The lowest BCUT2D eigenvalue weighted by molar-refractivity contribution is -0.144. The number of rotatable bonds is 3. The van der Waals surface area contributed by atoms with Gasteiger partial charge < -0.3 is 10.1 Å². The van der Waals surface area contributed by atoms with Crippen LogP contribution in [0.1, 0.15) is 50.5 Å². The van der Waals surface area contributed by atoms with Crippen molar-refractivity contribution >= 4 is 23.5 Å². The van der Waals surface area contributed by atoms with Gasteiger partial charge in [-0.25, -0.2) is 4.79 Å². The summed E-state index contributed by atoms with van der Waals surface area (Å²) in [6.45, 7) is 1.74. The van der Waals surface area contributed by atoms with Crippen molar-refractivity contribution < 1.29 is 14.3 Å². The molecule has 2 aliphatic rings. The monoisotopic (exact) mass is 333 g/mol. The molecule has 1 aromatic carbocycles. The molecule has 0 radical (unpaired) electrons. The number of carbonyl (C=O) groups excluding carboxylic acids is 2. The molecule has 0 aromatic heterocycles. The molecule has 1 fully saturated rings. The van der Waals surface area contributed by atoms with Crippen molar-refractivity contribution in [3.8, 4) is 0 Å². The number of benzene rings is 1. The molecule has 4 nitrogen and oxygen atoms in total. The van der Waals surface area contributed by atoms with Gasteiger partial charge in [0.15, 0.2) is 0 Å². The second kappa shape index (κ2) is 6.75. The van der Waals surface area contributed by atoms with E-state index in [1.807, 2.05) is 18.2 Å².